The molecule has 1 aromatic heterocycles. The van der Waals surface area contributed by atoms with Gasteiger partial charge >= 0.3 is 0 Å². The second-order valence-corrected chi connectivity index (χ2v) is 9.62. The summed E-state index contributed by atoms with van der Waals surface area (Å²) in [5.41, 5.74) is -0.0892. The Hall–Kier alpha value is -2.68. The number of anilines is 1. The predicted octanol–water partition coefficient (Wildman–Crippen LogP) is 4.54. The molecule has 1 amide bonds. The molecule has 0 aliphatic carbocycles. The molecule has 0 spiro atoms. The molecule has 1 aliphatic rings. The van der Waals surface area contributed by atoms with Crippen molar-refractivity contribution in [3.63, 3.8) is 0 Å². The molecule has 160 valence electrons. The van der Waals surface area contributed by atoms with Gasteiger partial charge in [-0.15, -0.1) is 11.3 Å². The second-order valence-electron chi connectivity index (χ2n) is 7.16. The Morgan fingerprint density at radius 2 is 1.84 bits per heavy atom. The van der Waals surface area contributed by atoms with Crippen LogP contribution >= 0.6 is 27.3 Å². The first-order chi connectivity index (χ1) is 14.9. The number of nitrogens with zero attached hydrogens (tertiary/aromatic N) is 1. The molecule has 1 aliphatic heterocycles. The summed E-state index contributed by atoms with van der Waals surface area (Å²) in [7, 11) is 3.10. The number of benzene rings is 2. The number of rotatable bonds is 7. The lowest BCUT2D eigenvalue weighted by Gasteiger charge is -2.23. The summed E-state index contributed by atoms with van der Waals surface area (Å²) in [4.78, 5) is 28.2. The van der Waals surface area contributed by atoms with Gasteiger partial charge in [-0.05, 0) is 51.8 Å². The van der Waals surface area contributed by atoms with E-state index in [0.717, 1.165) is 9.35 Å². The van der Waals surface area contributed by atoms with E-state index in [9.17, 15) is 14.7 Å². The van der Waals surface area contributed by atoms with Crippen LogP contribution in [-0.4, -0.2) is 31.0 Å². The first-order valence-corrected chi connectivity index (χ1v) is 11.1. The van der Waals surface area contributed by atoms with Gasteiger partial charge in [0.2, 0.25) is 0 Å². The molecule has 0 fully saturated rings. The Labute approximate surface area is 192 Å². The summed E-state index contributed by atoms with van der Waals surface area (Å²) in [5, 5.41) is 11.4. The van der Waals surface area contributed by atoms with Gasteiger partial charge in [0.05, 0.1) is 41.5 Å². The lowest BCUT2D eigenvalue weighted by Crippen LogP contribution is -2.41. The average molecular weight is 502 g/mol. The Morgan fingerprint density at radius 3 is 2.52 bits per heavy atom. The number of fused-ring (bicyclic) bond motifs is 1. The smallest absolute Gasteiger partial charge is 0.264 e. The van der Waals surface area contributed by atoms with Crippen molar-refractivity contribution in [1.29, 1.82) is 0 Å². The average Bonchev–Trinajstić information content (AvgIpc) is 3.30. The fourth-order valence-corrected chi connectivity index (χ4v) is 5.10. The summed E-state index contributed by atoms with van der Waals surface area (Å²) in [5.74, 6) is 0.332. The van der Waals surface area contributed by atoms with Gasteiger partial charge in [-0.3, -0.25) is 9.59 Å². The van der Waals surface area contributed by atoms with Gasteiger partial charge in [0.15, 0.2) is 22.9 Å². The van der Waals surface area contributed by atoms with Crippen LogP contribution in [0.2, 0.25) is 0 Å². The minimum atomic E-state index is -1.92. The molecule has 1 N–H and O–H groups in total. The molecule has 1 atom stereocenters. The maximum absolute atomic E-state index is 13.4. The van der Waals surface area contributed by atoms with Crippen LogP contribution in [0.5, 0.6) is 11.5 Å². The first kappa shape index (κ1) is 21.5. The number of thiophene rings is 1. The SMILES string of the molecule is COc1ccc(CN2C(=O)C(O)(CC(=O)c3ccc(Br)s3)c3ccccc32)cc1OC. The van der Waals surface area contributed by atoms with Gasteiger partial charge in [0.1, 0.15) is 0 Å². The maximum Gasteiger partial charge on any atom is 0.264 e. The molecule has 0 saturated carbocycles. The fraction of sp³-hybridized carbons (Fsp3) is 0.217. The zero-order valence-corrected chi connectivity index (χ0v) is 19.3. The minimum Gasteiger partial charge on any atom is -0.493 e. The van der Waals surface area contributed by atoms with E-state index in [0.29, 0.717) is 27.6 Å². The fourth-order valence-electron chi connectivity index (χ4n) is 3.78. The number of carbonyl (C=O) groups excluding carboxylic acids is 2. The van der Waals surface area contributed by atoms with Crippen LogP contribution in [0.1, 0.15) is 27.2 Å². The van der Waals surface area contributed by atoms with Crippen LogP contribution in [0.15, 0.2) is 58.4 Å². The molecule has 2 heterocycles. The first-order valence-electron chi connectivity index (χ1n) is 9.50. The topological polar surface area (TPSA) is 76.1 Å². The zero-order chi connectivity index (χ0) is 22.2. The number of ether oxygens (including phenoxy) is 2. The Balaban J connectivity index is 1.67. The molecule has 4 rings (SSSR count). The highest BCUT2D eigenvalue weighted by Crippen LogP contribution is 2.44. The van der Waals surface area contributed by atoms with Crippen LogP contribution in [0.3, 0.4) is 0 Å². The van der Waals surface area contributed by atoms with Gasteiger partial charge in [0, 0.05) is 5.56 Å². The number of hydrogen-bond acceptors (Lipinski definition) is 6. The number of amides is 1. The van der Waals surface area contributed by atoms with Gasteiger partial charge in [0.25, 0.3) is 5.91 Å². The molecule has 0 saturated heterocycles. The molecule has 6 nitrogen and oxygen atoms in total. The zero-order valence-electron chi connectivity index (χ0n) is 16.9. The number of para-hydroxylation sites is 1. The summed E-state index contributed by atoms with van der Waals surface area (Å²) in [6.07, 6.45) is -0.321. The maximum atomic E-state index is 13.4. The number of halogens is 1. The third kappa shape index (κ3) is 3.86. The molecule has 0 radical (unpaired) electrons. The van der Waals surface area contributed by atoms with Crippen LogP contribution < -0.4 is 14.4 Å². The van der Waals surface area contributed by atoms with Crippen molar-refractivity contribution < 1.29 is 24.2 Å². The molecular weight excluding hydrogens is 482 g/mol. The van der Waals surface area contributed by atoms with Crippen molar-refractivity contribution in [2.24, 2.45) is 0 Å². The Kier molecular flexibility index (Phi) is 5.88. The van der Waals surface area contributed by atoms with Crippen molar-refractivity contribution in [2.45, 2.75) is 18.6 Å². The molecule has 1 unspecified atom stereocenters. The van der Waals surface area contributed by atoms with Crippen molar-refractivity contribution in [3.8, 4) is 11.5 Å². The normalized spacial score (nSPS) is 17.5. The predicted molar refractivity (Wildman–Crippen MR) is 122 cm³/mol. The molecule has 0 bridgehead atoms. The van der Waals surface area contributed by atoms with Crippen molar-refractivity contribution >= 4 is 44.6 Å². The van der Waals surface area contributed by atoms with E-state index in [2.05, 4.69) is 15.9 Å². The Bertz CT molecular complexity index is 1160. The minimum absolute atomic E-state index is 0.219. The summed E-state index contributed by atoms with van der Waals surface area (Å²) in [6, 6.07) is 15.9. The number of Topliss-reactive ketones (excluding diaryl/α,β-unsaturated/α-hetero) is 1. The van der Waals surface area contributed by atoms with E-state index in [4.69, 9.17) is 9.47 Å². The van der Waals surface area contributed by atoms with Crippen molar-refractivity contribution in [1.82, 2.24) is 0 Å². The van der Waals surface area contributed by atoms with E-state index >= 15 is 0 Å². The number of carbonyl (C=O) groups is 2. The highest BCUT2D eigenvalue weighted by molar-refractivity contribution is 9.11. The standard InChI is InChI=1S/C23H20BrNO5S/c1-29-18-8-7-14(11-19(18)30-2)13-25-16-6-4-3-5-15(16)23(28,22(25)27)12-17(26)20-9-10-21(24)31-20/h3-11,28H,12-13H2,1-2H3. The highest BCUT2D eigenvalue weighted by Gasteiger charge is 2.50. The van der Waals surface area contributed by atoms with Gasteiger partial charge in [-0.25, -0.2) is 0 Å². The van der Waals surface area contributed by atoms with Gasteiger partial charge in [-0.2, -0.15) is 0 Å². The van der Waals surface area contributed by atoms with Gasteiger partial charge < -0.3 is 19.5 Å². The summed E-state index contributed by atoms with van der Waals surface area (Å²) in [6.45, 7) is 0.219. The van der Waals surface area contributed by atoms with Crippen molar-refractivity contribution in [3.05, 3.63) is 74.4 Å². The van der Waals surface area contributed by atoms with E-state index in [1.807, 2.05) is 6.07 Å². The third-order valence-electron chi connectivity index (χ3n) is 5.29. The number of hydrogen-bond donors (Lipinski definition) is 1. The van der Waals surface area contributed by atoms with Crippen LogP contribution in [0.4, 0.5) is 5.69 Å². The largest absolute Gasteiger partial charge is 0.493 e. The van der Waals surface area contributed by atoms with E-state index < -0.39 is 11.5 Å². The third-order valence-corrected chi connectivity index (χ3v) is 6.96. The van der Waals surface area contributed by atoms with E-state index in [-0.39, 0.29) is 18.7 Å². The van der Waals surface area contributed by atoms with E-state index in [1.54, 1.807) is 62.8 Å². The van der Waals surface area contributed by atoms with Crippen LogP contribution in [0.25, 0.3) is 0 Å². The van der Waals surface area contributed by atoms with Crippen LogP contribution in [-0.2, 0) is 16.9 Å². The highest BCUT2D eigenvalue weighted by atomic mass is 79.9. The number of methoxy groups -OCH3 is 2. The Morgan fingerprint density at radius 1 is 1.10 bits per heavy atom. The number of ketones is 1. The molecular formula is C23H20BrNO5S. The monoisotopic (exact) mass is 501 g/mol. The summed E-state index contributed by atoms with van der Waals surface area (Å²) >= 11 is 4.62. The lowest BCUT2D eigenvalue weighted by atomic mass is 9.89. The molecule has 31 heavy (non-hydrogen) atoms. The quantitative estimate of drug-likeness (QED) is 0.481. The van der Waals surface area contributed by atoms with Crippen molar-refractivity contribution in [2.75, 3.05) is 19.1 Å². The molecule has 2 aromatic carbocycles. The molecule has 8 heteroatoms. The second kappa shape index (κ2) is 8.45. The number of aliphatic hydroxyl groups is 1. The summed E-state index contributed by atoms with van der Waals surface area (Å²) < 4.78 is 11.4. The molecule has 3 aromatic rings. The van der Waals surface area contributed by atoms with E-state index in [1.165, 1.54) is 16.2 Å². The lowest BCUT2D eigenvalue weighted by molar-refractivity contribution is -0.136. The van der Waals surface area contributed by atoms with Gasteiger partial charge in [-0.1, -0.05) is 24.3 Å². The van der Waals surface area contributed by atoms with Crippen LogP contribution in [0, 0.1) is 0 Å².